The van der Waals surface area contributed by atoms with Crippen LogP contribution in [0.15, 0.2) is 35.9 Å². The van der Waals surface area contributed by atoms with Gasteiger partial charge in [-0.2, -0.15) is 0 Å². The molecule has 2 aliphatic rings. The molecule has 3 N–H and O–H groups in total. The summed E-state index contributed by atoms with van der Waals surface area (Å²) in [6.45, 7) is 3.73. The van der Waals surface area contributed by atoms with E-state index in [0.717, 1.165) is 17.6 Å². The van der Waals surface area contributed by atoms with Crippen molar-refractivity contribution in [3.05, 3.63) is 57.5 Å². The third-order valence-electron chi connectivity index (χ3n) is 5.14. The number of carbonyl (C=O) groups excluding carboxylic acids is 1. The summed E-state index contributed by atoms with van der Waals surface area (Å²) in [5.74, 6) is 0.124. The highest BCUT2D eigenvalue weighted by Gasteiger charge is 2.22. The Kier molecular flexibility index (Phi) is 5.04. The van der Waals surface area contributed by atoms with Gasteiger partial charge in [0.15, 0.2) is 5.78 Å². The van der Waals surface area contributed by atoms with Crippen molar-refractivity contribution in [3.8, 4) is 0 Å². The van der Waals surface area contributed by atoms with Crippen molar-refractivity contribution >= 4 is 17.4 Å². The minimum atomic E-state index is -0.703. The van der Waals surface area contributed by atoms with Crippen molar-refractivity contribution in [1.29, 1.82) is 0 Å². The van der Waals surface area contributed by atoms with E-state index in [-0.39, 0.29) is 19.0 Å². The monoisotopic (exact) mass is 339 g/mol. The predicted molar refractivity (Wildman–Crippen MR) is 99.5 cm³/mol. The van der Waals surface area contributed by atoms with Crippen LogP contribution in [0.5, 0.6) is 0 Å². The molecule has 0 aromatic heterocycles. The molecule has 3 rings (SSSR count). The molecule has 25 heavy (non-hydrogen) atoms. The number of ketones is 1. The van der Waals surface area contributed by atoms with Gasteiger partial charge in [0, 0.05) is 13.0 Å². The minimum absolute atomic E-state index is 0.124. The maximum absolute atomic E-state index is 11.8. The Bertz CT molecular complexity index is 873. The van der Waals surface area contributed by atoms with Crippen molar-refractivity contribution in [2.75, 3.05) is 19.8 Å². The van der Waals surface area contributed by atoms with E-state index in [0.29, 0.717) is 13.0 Å². The van der Waals surface area contributed by atoms with Crippen LogP contribution in [-0.4, -0.2) is 41.3 Å². The summed E-state index contributed by atoms with van der Waals surface area (Å²) in [4.78, 5) is 11.8. The lowest BCUT2D eigenvalue weighted by Crippen LogP contribution is -2.50. The van der Waals surface area contributed by atoms with Gasteiger partial charge in [-0.15, -0.1) is 0 Å². The lowest BCUT2D eigenvalue weighted by atomic mass is 9.86. The molecule has 0 radical (unpaired) electrons. The zero-order valence-corrected chi connectivity index (χ0v) is 14.8. The second kappa shape index (κ2) is 7.08. The van der Waals surface area contributed by atoms with Crippen LogP contribution in [-0.2, 0) is 17.6 Å². The first kappa shape index (κ1) is 17.8. The number of hydrogen-bond acceptors (Lipinski definition) is 4. The zero-order valence-electron chi connectivity index (χ0n) is 14.8. The summed E-state index contributed by atoms with van der Waals surface area (Å²) in [6.07, 6.45) is 9.74. The highest BCUT2D eigenvalue weighted by molar-refractivity contribution is 5.95. The van der Waals surface area contributed by atoms with E-state index >= 15 is 0 Å². The van der Waals surface area contributed by atoms with Crippen molar-refractivity contribution in [1.82, 2.24) is 5.32 Å². The third-order valence-corrected chi connectivity index (χ3v) is 5.14. The zero-order chi connectivity index (χ0) is 18.0. The van der Waals surface area contributed by atoms with Crippen LogP contribution in [0.1, 0.15) is 25.0 Å². The van der Waals surface area contributed by atoms with E-state index in [4.69, 9.17) is 0 Å². The Morgan fingerprint density at radius 2 is 1.96 bits per heavy atom. The Morgan fingerprint density at radius 1 is 1.20 bits per heavy atom. The van der Waals surface area contributed by atoms with Gasteiger partial charge in [-0.05, 0) is 53.0 Å². The molecule has 0 amide bonds. The van der Waals surface area contributed by atoms with Crippen molar-refractivity contribution < 1.29 is 15.0 Å². The van der Waals surface area contributed by atoms with Gasteiger partial charge in [0.05, 0.1) is 18.8 Å². The normalized spacial score (nSPS) is 16.0. The summed E-state index contributed by atoms with van der Waals surface area (Å²) in [6, 6.07) is 4.24. The minimum Gasteiger partial charge on any atom is -0.394 e. The third kappa shape index (κ3) is 3.52. The number of benzene rings is 1. The van der Waals surface area contributed by atoms with Gasteiger partial charge in [0.25, 0.3) is 0 Å². The molecule has 0 spiro atoms. The summed E-state index contributed by atoms with van der Waals surface area (Å²) < 4.78 is 0. The first-order chi connectivity index (χ1) is 12.0. The Hall–Kier alpha value is -2.01. The molecular formula is C21H25NO3. The smallest absolute Gasteiger partial charge is 0.156 e. The topological polar surface area (TPSA) is 69.6 Å². The Labute approximate surface area is 147 Å². The fraction of sp³-hybridized carbons (Fsp3) is 0.381. The molecule has 2 aliphatic carbocycles. The molecule has 0 fully saturated rings. The van der Waals surface area contributed by atoms with Crippen LogP contribution in [0.25, 0.3) is 11.6 Å². The fourth-order valence-corrected chi connectivity index (χ4v) is 3.32. The lowest BCUT2D eigenvalue weighted by Gasteiger charge is -2.27. The van der Waals surface area contributed by atoms with E-state index in [1.807, 2.05) is 12.2 Å². The van der Waals surface area contributed by atoms with E-state index in [2.05, 4.69) is 29.6 Å². The average molecular weight is 339 g/mol. The van der Waals surface area contributed by atoms with Gasteiger partial charge in [0.2, 0.25) is 0 Å². The molecule has 0 aliphatic heterocycles. The van der Waals surface area contributed by atoms with Crippen LogP contribution in [0.3, 0.4) is 0 Å². The maximum Gasteiger partial charge on any atom is 0.156 e. The fourth-order valence-electron chi connectivity index (χ4n) is 3.32. The summed E-state index contributed by atoms with van der Waals surface area (Å²) in [5.41, 5.74) is 3.79. The quantitative estimate of drug-likeness (QED) is 0.689. The van der Waals surface area contributed by atoms with Crippen LogP contribution < -0.4 is 15.8 Å². The summed E-state index contributed by atoms with van der Waals surface area (Å²) in [5, 5.41) is 24.5. The number of aliphatic hydroxyl groups excluding tert-OH is 2. The second-order valence-corrected chi connectivity index (χ2v) is 7.11. The van der Waals surface area contributed by atoms with Crippen molar-refractivity contribution in [2.24, 2.45) is 0 Å². The second-order valence-electron chi connectivity index (χ2n) is 7.11. The molecule has 0 saturated carbocycles. The molecular weight excluding hydrogens is 314 g/mol. The predicted octanol–water partition coefficient (Wildman–Crippen LogP) is 0.135. The van der Waals surface area contributed by atoms with Gasteiger partial charge < -0.3 is 15.5 Å². The number of hydrogen-bond donors (Lipinski definition) is 3. The molecule has 4 nitrogen and oxygen atoms in total. The van der Waals surface area contributed by atoms with Gasteiger partial charge in [-0.25, -0.2) is 0 Å². The highest BCUT2D eigenvalue weighted by atomic mass is 16.3. The number of Topliss-reactive ketones (excluding diaryl/α,β-unsaturated/α-hetero) is 1. The molecule has 0 saturated heterocycles. The molecule has 0 unspecified atom stereocenters. The molecule has 0 bridgehead atoms. The van der Waals surface area contributed by atoms with Gasteiger partial charge in [-0.1, -0.05) is 36.4 Å². The van der Waals surface area contributed by atoms with Crippen LogP contribution >= 0.6 is 0 Å². The largest absolute Gasteiger partial charge is 0.394 e. The SMILES string of the molecule is CC(=O)C1=CC=c2ccc3c(c2C1)CC=CC=3CNC(C)(CO)CO. The van der Waals surface area contributed by atoms with E-state index < -0.39 is 5.54 Å². The number of rotatable bonds is 6. The molecule has 0 heterocycles. The number of fused-ring (bicyclic) bond motifs is 3. The van der Waals surface area contributed by atoms with Crippen LogP contribution in [0.4, 0.5) is 0 Å². The molecule has 132 valence electrons. The number of nitrogens with one attached hydrogen (secondary N) is 1. The maximum atomic E-state index is 11.8. The Balaban J connectivity index is 2.00. The Morgan fingerprint density at radius 3 is 2.64 bits per heavy atom. The van der Waals surface area contributed by atoms with Gasteiger partial charge in [-0.3, -0.25) is 4.79 Å². The van der Waals surface area contributed by atoms with Gasteiger partial charge >= 0.3 is 0 Å². The molecule has 1 aromatic rings. The number of allylic oxidation sites excluding steroid dienone is 3. The molecule has 4 heteroatoms. The first-order valence-electron chi connectivity index (χ1n) is 8.66. The number of aliphatic hydroxyl groups is 2. The highest BCUT2D eigenvalue weighted by Crippen LogP contribution is 2.17. The molecule has 1 aromatic carbocycles. The average Bonchev–Trinajstić information content (AvgIpc) is 2.65. The summed E-state index contributed by atoms with van der Waals surface area (Å²) >= 11 is 0. The van der Waals surface area contributed by atoms with Crippen molar-refractivity contribution in [2.45, 2.75) is 32.2 Å². The van der Waals surface area contributed by atoms with Crippen LogP contribution in [0.2, 0.25) is 0 Å². The van der Waals surface area contributed by atoms with Crippen molar-refractivity contribution in [3.63, 3.8) is 0 Å². The standard InChI is InChI=1S/C21H25NO3/c1-14(25)16-7-6-15-8-9-18-17(11-22-21(2,12-23)13-24)4-3-5-19(18)20(15)10-16/h3-4,6-9,22-24H,5,10-13H2,1-2H3. The summed E-state index contributed by atoms with van der Waals surface area (Å²) in [7, 11) is 0. The van der Waals surface area contributed by atoms with Gasteiger partial charge in [0.1, 0.15) is 0 Å². The lowest BCUT2D eigenvalue weighted by molar-refractivity contribution is -0.113. The van der Waals surface area contributed by atoms with E-state index in [1.54, 1.807) is 13.8 Å². The van der Waals surface area contributed by atoms with Crippen LogP contribution in [0, 0.1) is 0 Å². The first-order valence-corrected chi connectivity index (χ1v) is 8.66. The molecule has 0 atom stereocenters. The van der Waals surface area contributed by atoms with E-state index in [1.165, 1.54) is 21.6 Å². The number of carbonyl (C=O) groups is 1. The van der Waals surface area contributed by atoms with E-state index in [9.17, 15) is 15.0 Å².